The Morgan fingerprint density at radius 1 is 0.544 bits per heavy atom. The third kappa shape index (κ3) is 5.28. The molecule has 10 rings (SSSR count). The Hall–Kier alpha value is -6.78. The molecule has 2 heterocycles. The van der Waals surface area contributed by atoms with Crippen LogP contribution in [0.4, 0.5) is 17.2 Å². The van der Waals surface area contributed by atoms with Gasteiger partial charge in [-0.2, -0.15) is 0 Å². The lowest BCUT2D eigenvalue weighted by Gasteiger charge is -2.30. The van der Waals surface area contributed by atoms with Crippen molar-refractivity contribution in [2.45, 2.75) is 45.4 Å². The fourth-order valence-electron chi connectivity index (χ4n) is 9.51. The fraction of sp³-hybridized carbons (Fsp3) is 0.132. The average Bonchev–Trinajstić information content (AvgIpc) is 3.69. The summed E-state index contributed by atoms with van der Waals surface area (Å²) in [6.07, 6.45) is 1.83. The molecule has 2 aliphatic rings. The standard InChI is InChI=1S/C53H43N3O/c1-33-30-37(52(3,4)5)31-34(2)49(33)35-23-25-38(26-24-35)56(39-15-12-14-36(32-39)46-21-10-11-29-54-46)48-28-27-45-51(55-48)50-44(20-13-22-47(50)57)53(45)42-18-8-6-16-40(42)41-17-7-9-19-43(41)53/h6-32,57H,1-5H3. The Labute approximate surface area is 334 Å². The van der Waals surface area contributed by atoms with Crippen molar-refractivity contribution in [2.75, 3.05) is 4.90 Å². The maximum Gasteiger partial charge on any atom is 0.138 e. The van der Waals surface area contributed by atoms with E-state index in [0.29, 0.717) is 0 Å². The van der Waals surface area contributed by atoms with E-state index in [9.17, 15) is 5.11 Å². The van der Waals surface area contributed by atoms with E-state index in [2.05, 4.69) is 172 Å². The van der Waals surface area contributed by atoms with Gasteiger partial charge in [0.1, 0.15) is 11.6 Å². The summed E-state index contributed by atoms with van der Waals surface area (Å²) in [6.45, 7) is 11.2. The predicted molar refractivity (Wildman–Crippen MR) is 234 cm³/mol. The molecule has 0 aliphatic heterocycles. The molecule has 2 aromatic heterocycles. The van der Waals surface area contributed by atoms with Gasteiger partial charge in [-0.05, 0) is 129 Å². The second-order valence-corrected chi connectivity index (χ2v) is 16.5. The van der Waals surface area contributed by atoms with Crippen molar-refractivity contribution in [3.05, 3.63) is 203 Å². The Balaban J connectivity index is 1.17. The van der Waals surface area contributed by atoms with E-state index in [-0.39, 0.29) is 11.2 Å². The number of aromatic nitrogens is 2. The van der Waals surface area contributed by atoms with Gasteiger partial charge >= 0.3 is 0 Å². The van der Waals surface area contributed by atoms with Crippen molar-refractivity contribution >= 4 is 17.2 Å². The summed E-state index contributed by atoms with van der Waals surface area (Å²) in [5.41, 5.74) is 18.2. The summed E-state index contributed by atoms with van der Waals surface area (Å²) in [5, 5.41) is 11.7. The van der Waals surface area contributed by atoms with Gasteiger partial charge < -0.3 is 5.11 Å². The Morgan fingerprint density at radius 3 is 1.86 bits per heavy atom. The van der Waals surface area contributed by atoms with Crippen molar-refractivity contribution in [3.63, 3.8) is 0 Å². The van der Waals surface area contributed by atoms with Gasteiger partial charge in [-0.15, -0.1) is 0 Å². The lowest BCUT2D eigenvalue weighted by molar-refractivity contribution is 0.476. The number of hydrogen-bond donors (Lipinski definition) is 1. The lowest BCUT2D eigenvalue weighted by atomic mass is 9.71. The SMILES string of the molecule is Cc1cc(C(C)(C)C)cc(C)c1-c1ccc(N(c2cccc(-c3ccccn3)c2)c2ccc3c(n2)-c2c(O)cccc2C32c3ccccc3-c3ccccc32)cc1. The van der Waals surface area contributed by atoms with Crippen molar-refractivity contribution in [2.24, 2.45) is 0 Å². The predicted octanol–water partition coefficient (Wildman–Crippen LogP) is 13.2. The maximum absolute atomic E-state index is 11.7. The van der Waals surface area contributed by atoms with E-state index in [0.717, 1.165) is 50.8 Å². The van der Waals surface area contributed by atoms with E-state index >= 15 is 0 Å². The molecule has 8 aromatic rings. The van der Waals surface area contributed by atoms with Gasteiger partial charge in [0.15, 0.2) is 0 Å². The molecular formula is C53H43N3O. The van der Waals surface area contributed by atoms with Crippen molar-refractivity contribution in [1.82, 2.24) is 9.97 Å². The van der Waals surface area contributed by atoms with Crippen LogP contribution in [0, 0.1) is 13.8 Å². The van der Waals surface area contributed by atoms with Gasteiger partial charge in [-0.1, -0.05) is 130 Å². The van der Waals surface area contributed by atoms with Crippen LogP contribution in [-0.4, -0.2) is 15.1 Å². The highest BCUT2D eigenvalue weighted by Gasteiger charge is 2.53. The number of benzene rings is 6. The van der Waals surface area contributed by atoms with E-state index in [1.807, 2.05) is 30.5 Å². The van der Waals surface area contributed by atoms with Crippen molar-refractivity contribution in [3.8, 4) is 50.5 Å². The number of phenols is 1. The largest absolute Gasteiger partial charge is 0.507 e. The molecule has 2 aliphatic carbocycles. The summed E-state index contributed by atoms with van der Waals surface area (Å²) in [7, 11) is 0. The zero-order valence-electron chi connectivity index (χ0n) is 32.9. The number of aryl methyl sites for hydroxylation is 2. The molecule has 1 spiro atoms. The summed E-state index contributed by atoms with van der Waals surface area (Å²) >= 11 is 0. The summed E-state index contributed by atoms with van der Waals surface area (Å²) in [5.74, 6) is 0.987. The normalized spacial score (nSPS) is 13.2. The van der Waals surface area contributed by atoms with E-state index in [1.165, 1.54) is 50.1 Å². The van der Waals surface area contributed by atoms with Crippen LogP contribution < -0.4 is 4.90 Å². The summed E-state index contributed by atoms with van der Waals surface area (Å²) < 4.78 is 0. The van der Waals surface area contributed by atoms with Gasteiger partial charge in [0, 0.05) is 28.7 Å². The smallest absolute Gasteiger partial charge is 0.138 e. The first kappa shape index (κ1) is 34.7. The number of phenolic OH excluding ortho intramolecular Hbond substituents is 1. The van der Waals surface area contributed by atoms with Gasteiger partial charge in [0.2, 0.25) is 0 Å². The second-order valence-electron chi connectivity index (χ2n) is 16.5. The lowest BCUT2D eigenvalue weighted by Crippen LogP contribution is -2.26. The van der Waals surface area contributed by atoms with Crippen LogP contribution >= 0.6 is 0 Å². The first-order chi connectivity index (χ1) is 27.6. The van der Waals surface area contributed by atoms with Gasteiger partial charge in [0.25, 0.3) is 0 Å². The zero-order valence-corrected chi connectivity index (χ0v) is 32.9. The van der Waals surface area contributed by atoms with Gasteiger partial charge in [-0.25, -0.2) is 4.98 Å². The molecule has 4 nitrogen and oxygen atoms in total. The van der Waals surface area contributed by atoms with Crippen LogP contribution in [-0.2, 0) is 10.8 Å². The first-order valence-corrected chi connectivity index (χ1v) is 19.7. The number of aromatic hydroxyl groups is 1. The molecule has 0 unspecified atom stereocenters. The minimum absolute atomic E-state index is 0.0760. The van der Waals surface area contributed by atoms with Crippen molar-refractivity contribution in [1.29, 1.82) is 0 Å². The molecule has 4 heteroatoms. The molecule has 0 bridgehead atoms. The topological polar surface area (TPSA) is 49.2 Å². The molecular weight excluding hydrogens is 695 g/mol. The number of rotatable bonds is 5. The van der Waals surface area contributed by atoms with E-state index in [1.54, 1.807) is 6.07 Å². The van der Waals surface area contributed by atoms with E-state index in [4.69, 9.17) is 4.98 Å². The number of hydrogen-bond acceptors (Lipinski definition) is 4. The highest BCUT2D eigenvalue weighted by molar-refractivity contribution is 5.96. The molecule has 6 aromatic carbocycles. The van der Waals surface area contributed by atoms with E-state index < -0.39 is 5.41 Å². The molecule has 0 fully saturated rings. The molecule has 0 amide bonds. The average molecular weight is 738 g/mol. The minimum Gasteiger partial charge on any atom is -0.507 e. The molecule has 0 radical (unpaired) electrons. The fourth-order valence-corrected chi connectivity index (χ4v) is 9.51. The molecule has 0 saturated carbocycles. The number of pyridine rings is 2. The third-order valence-corrected chi connectivity index (χ3v) is 12.0. The first-order valence-electron chi connectivity index (χ1n) is 19.7. The number of anilines is 3. The maximum atomic E-state index is 11.7. The Bertz CT molecular complexity index is 2800. The monoisotopic (exact) mass is 737 g/mol. The molecule has 1 N–H and O–H groups in total. The van der Waals surface area contributed by atoms with Crippen molar-refractivity contribution < 1.29 is 5.11 Å². The quantitative estimate of drug-likeness (QED) is 0.191. The highest BCUT2D eigenvalue weighted by Crippen LogP contribution is 2.64. The van der Waals surface area contributed by atoms with Crippen LogP contribution in [0.5, 0.6) is 5.75 Å². The molecule has 57 heavy (non-hydrogen) atoms. The van der Waals surface area contributed by atoms with Gasteiger partial charge in [-0.3, -0.25) is 9.88 Å². The number of fused-ring (bicyclic) bond motifs is 10. The molecule has 0 atom stereocenters. The Morgan fingerprint density at radius 2 is 1.19 bits per heavy atom. The van der Waals surface area contributed by atoms with Crippen LogP contribution in [0.1, 0.15) is 59.7 Å². The summed E-state index contributed by atoms with van der Waals surface area (Å²) in [4.78, 5) is 12.5. The molecule has 276 valence electrons. The second kappa shape index (κ2) is 12.9. The highest BCUT2D eigenvalue weighted by atomic mass is 16.3. The Kier molecular flexibility index (Phi) is 7.85. The van der Waals surface area contributed by atoms with Crippen LogP contribution in [0.25, 0.3) is 44.8 Å². The van der Waals surface area contributed by atoms with Gasteiger partial charge in [0.05, 0.1) is 16.8 Å². The van der Waals surface area contributed by atoms with Crippen LogP contribution in [0.15, 0.2) is 164 Å². The minimum atomic E-state index is -0.605. The van der Waals surface area contributed by atoms with Crippen LogP contribution in [0.2, 0.25) is 0 Å². The number of nitrogens with zero attached hydrogens (tertiary/aromatic N) is 3. The third-order valence-electron chi connectivity index (χ3n) is 12.0. The zero-order chi connectivity index (χ0) is 39.1. The van der Waals surface area contributed by atoms with Crippen LogP contribution in [0.3, 0.4) is 0 Å². The molecule has 0 saturated heterocycles. The summed E-state index contributed by atoms with van der Waals surface area (Å²) in [6, 6.07) is 55.7.